The van der Waals surface area contributed by atoms with Gasteiger partial charge in [-0.25, -0.2) is 0 Å². The van der Waals surface area contributed by atoms with E-state index < -0.39 is 5.41 Å². The molecule has 1 amide bonds. The van der Waals surface area contributed by atoms with E-state index >= 15 is 0 Å². The molecule has 2 fully saturated rings. The number of fused-ring (bicyclic) bond motifs is 1. The van der Waals surface area contributed by atoms with E-state index in [4.69, 9.17) is 9.15 Å². The SMILES string of the molecule is O=C(NCc1cccnc1)[C@]12COC[C@H]1CN(Cc1ccco1)C2. The van der Waals surface area contributed by atoms with Crippen LogP contribution < -0.4 is 5.32 Å². The second-order valence-corrected chi connectivity index (χ2v) is 6.66. The molecule has 24 heavy (non-hydrogen) atoms. The lowest BCUT2D eigenvalue weighted by molar-refractivity contribution is -0.131. The van der Waals surface area contributed by atoms with Crippen molar-refractivity contribution in [2.75, 3.05) is 26.3 Å². The summed E-state index contributed by atoms with van der Waals surface area (Å²) in [4.78, 5) is 19.3. The Balaban J connectivity index is 1.42. The van der Waals surface area contributed by atoms with Crippen molar-refractivity contribution in [3.8, 4) is 0 Å². The molecule has 0 saturated carbocycles. The number of ether oxygens (including phenoxy) is 1. The van der Waals surface area contributed by atoms with Crippen molar-refractivity contribution < 1.29 is 13.9 Å². The Kier molecular flexibility index (Phi) is 4.08. The quantitative estimate of drug-likeness (QED) is 0.900. The number of aromatic nitrogens is 1. The first-order valence-corrected chi connectivity index (χ1v) is 8.26. The fourth-order valence-electron chi connectivity index (χ4n) is 3.77. The predicted octanol–water partition coefficient (Wildman–Crippen LogP) is 1.44. The number of rotatable bonds is 5. The number of nitrogens with one attached hydrogen (secondary N) is 1. The van der Waals surface area contributed by atoms with Crippen LogP contribution in [0.15, 0.2) is 47.3 Å². The number of carbonyl (C=O) groups is 1. The molecule has 0 bridgehead atoms. The van der Waals surface area contributed by atoms with Crippen LogP contribution in [-0.2, 0) is 22.6 Å². The van der Waals surface area contributed by atoms with Gasteiger partial charge in [-0.3, -0.25) is 14.7 Å². The average molecular weight is 327 g/mol. The summed E-state index contributed by atoms with van der Waals surface area (Å²) in [6, 6.07) is 7.71. The maximum Gasteiger partial charge on any atom is 0.230 e. The summed E-state index contributed by atoms with van der Waals surface area (Å²) in [6.45, 7) is 3.94. The highest BCUT2D eigenvalue weighted by atomic mass is 16.5. The molecule has 0 aromatic carbocycles. The Morgan fingerprint density at radius 1 is 1.42 bits per heavy atom. The summed E-state index contributed by atoms with van der Waals surface area (Å²) in [5, 5.41) is 3.07. The molecule has 0 aliphatic carbocycles. The van der Waals surface area contributed by atoms with Gasteiger partial charge >= 0.3 is 0 Å². The maximum absolute atomic E-state index is 12.9. The molecule has 0 radical (unpaired) electrons. The predicted molar refractivity (Wildman–Crippen MR) is 86.8 cm³/mol. The molecule has 0 unspecified atom stereocenters. The number of pyridine rings is 1. The Bertz CT molecular complexity index is 689. The zero-order valence-corrected chi connectivity index (χ0v) is 13.5. The summed E-state index contributed by atoms with van der Waals surface area (Å²) < 4.78 is 11.1. The Morgan fingerprint density at radius 3 is 3.17 bits per heavy atom. The summed E-state index contributed by atoms with van der Waals surface area (Å²) in [6.07, 6.45) is 5.19. The average Bonchev–Trinajstić information content (AvgIpc) is 3.30. The van der Waals surface area contributed by atoms with Crippen LogP contribution in [0.1, 0.15) is 11.3 Å². The van der Waals surface area contributed by atoms with E-state index in [1.54, 1.807) is 18.7 Å². The molecule has 2 aliphatic heterocycles. The Labute approximate surface area is 140 Å². The van der Waals surface area contributed by atoms with Crippen LogP contribution in [0.2, 0.25) is 0 Å². The van der Waals surface area contributed by atoms with Crippen molar-refractivity contribution in [2.45, 2.75) is 13.1 Å². The van der Waals surface area contributed by atoms with Crippen LogP contribution in [-0.4, -0.2) is 42.1 Å². The van der Waals surface area contributed by atoms with Gasteiger partial charge in [-0.05, 0) is 23.8 Å². The summed E-state index contributed by atoms with van der Waals surface area (Å²) in [7, 11) is 0. The van der Waals surface area contributed by atoms with Crippen LogP contribution in [0.4, 0.5) is 0 Å². The summed E-state index contributed by atoms with van der Waals surface area (Å²) in [5.74, 6) is 1.25. The van der Waals surface area contributed by atoms with Gasteiger partial charge in [-0.2, -0.15) is 0 Å². The van der Waals surface area contributed by atoms with Gasteiger partial charge < -0.3 is 14.5 Å². The number of amides is 1. The molecule has 2 atom stereocenters. The van der Waals surface area contributed by atoms with Crippen molar-refractivity contribution in [1.82, 2.24) is 15.2 Å². The first-order valence-electron chi connectivity index (χ1n) is 8.26. The van der Waals surface area contributed by atoms with Gasteiger partial charge in [-0.15, -0.1) is 0 Å². The van der Waals surface area contributed by atoms with Crippen molar-refractivity contribution in [3.63, 3.8) is 0 Å². The van der Waals surface area contributed by atoms with Crippen molar-refractivity contribution in [1.29, 1.82) is 0 Å². The second-order valence-electron chi connectivity index (χ2n) is 6.66. The molecule has 0 spiro atoms. The van der Waals surface area contributed by atoms with Crippen LogP contribution in [0.3, 0.4) is 0 Å². The molecule has 1 N–H and O–H groups in total. The van der Waals surface area contributed by atoms with Gasteiger partial charge in [-0.1, -0.05) is 6.07 Å². The number of hydrogen-bond donors (Lipinski definition) is 1. The summed E-state index contributed by atoms with van der Waals surface area (Å²) >= 11 is 0. The minimum atomic E-state index is -0.450. The molecule has 6 nitrogen and oxygen atoms in total. The molecular formula is C18H21N3O3. The van der Waals surface area contributed by atoms with Crippen LogP contribution >= 0.6 is 0 Å². The largest absolute Gasteiger partial charge is 0.468 e. The highest BCUT2D eigenvalue weighted by molar-refractivity contribution is 5.84. The Morgan fingerprint density at radius 2 is 2.38 bits per heavy atom. The highest BCUT2D eigenvalue weighted by Gasteiger charge is 2.55. The van der Waals surface area contributed by atoms with E-state index in [2.05, 4.69) is 15.2 Å². The monoisotopic (exact) mass is 327 g/mol. The van der Waals surface area contributed by atoms with Crippen molar-refractivity contribution in [2.24, 2.45) is 11.3 Å². The fourth-order valence-corrected chi connectivity index (χ4v) is 3.77. The molecular weight excluding hydrogens is 306 g/mol. The highest BCUT2D eigenvalue weighted by Crippen LogP contribution is 2.42. The van der Waals surface area contributed by atoms with E-state index in [1.165, 1.54) is 0 Å². The zero-order valence-electron chi connectivity index (χ0n) is 13.5. The number of likely N-dealkylation sites (tertiary alicyclic amines) is 1. The molecule has 126 valence electrons. The lowest BCUT2D eigenvalue weighted by Gasteiger charge is -2.26. The van der Waals surface area contributed by atoms with E-state index in [0.717, 1.165) is 24.4 Å². The van der Waals surface area contributed by atoms with E-state index in [0.29, 0.717) is 26.3 Å². The van der Waals surface area contributed by atoms with Crippen LogP contribution in [0.25, 0.3) is 0 Å². The van der Waals surface area contributed by atoms with Crippen LogP contribution in [0.5, 0.6) is 0 Å². The van der Waals surface area contributed by atoms with E-state index in [9.17, 15) is 4.79 Å². The molecule has 2 aliphatic rings. The van der Waals surface area contributed by atoms with E-state index in [-0.39, 0.29) is 11.8 Å². The minimum Gasteiger partial charge on any atom is -0.468 e. The van der Waals surface area contributed by atoms with E-state index in [1.807, 2.05) is 24.3 Å². The number of furan rings is 1. The smallest absolute Gasteiger partial charge is 0.230 e. The third-order valence-corrected chi connectivity index (χ3v) is 5.03. The normalized spacial score (nSPS) is 26.4. The van der Waals surface area contributed by atoms with Gasteiger partial charge in [0.2, 0.25) is 5.91 Å². The number of hydrogen-bond acceptors (Lipinski definition) is 5. The maximum atomic E-state index is 12.9. The van der Waals surface area contributed by atoms with Gasteiger partial charge in [0.15, 0.2) is 0 Å². The zero-order chi connectivity index (χ0) is 16.4. The molecule has 2 aromatic heterocycles. The van der Waals surface area contributed by atoms with Crippen LogP contribution in [0, 0.1) is 11.3 Å². The lowest BCUT2D eigenvalue weighted by Crippen LogP contribution is -2.46. The molecule has 2 aromatic rings. The number of carbonyl (C=O) groups excluding carboxylic acids is 1. The van der Waals surface area contributed by atoms with Gasteiger partial charge in [0.05, 0.1) is 31.4 Å². The standard InChI is InChI=1S/C18H21N3O3/c22-17(20-8-14-3-1-5-19-7-14)18-12-21(9-15(18)11-23-13-18)10-16-4-2-6-24-16/h1-7,15H,8-13H2,(H,20,22)/t15-,18-/m1/s1. The topological polar surface area (TPSA) is 67.6 Å². The first-order chi connectivity index (χ1) is 11.8. The first kappa shape index (κ1) is 15.4. The van der Waals surface area contributed by atoms with Gasteiger partial charge in [0, 0.05) is 37.9 Å². The van der Waals surface area contributed by atoms with Gasteiger partial charge in [0.25, 0.3) is 0 Å². The second kappa shape index (κ2) is 6.37. The minimum absolute atomic E-state index is 0.0794. The lowest BCUT2D eigenvalue weighted by atomic mass is 9.80. The molecule has 4 heterocycles. The fraction of sp³-hybridized carbons (Fsp3) is 0.444. The third kappa shape index (κ3) is 2.83. The summed E-state index contributed by atoms with van der Waals surface area (Å²) in [5.41, 5.74) is 0.553. The number of nitrogens with zero attached hydrogens (tertiary/aromatic N) is 2. The molecule has 6 heteroatoms. The molecule has 4 rings (SSSR count). The van der Waals surface area contributed by atoms with Gasteiger partial charge in [0.1, 0.15) is 5.76 Å². The molecule has 2 saturated heterocycles. The Hall–Kier alpha value is -2.18. The van der Waals surface area contributed by atoms with Crippen molar-refractivity contribution in [3.05, 3.63) is 54.2 Å². The third-order valence-electron chi connectivity index (χ3n) is 5.03. The van der Waals surface area contributed by atoms with Crippen molar-refractivity contribution >= 4 is 5.91 Å².